The number of aryl methyl sites for hydroxylation is 2. The Kier molecular flexibility index (Phi) is 3.09. The molecule has 0 amide bonds. The molecule has 2 N–H and O–H groups in total. The number of H-pyrrole nitrogens is 2. The zero-order valence-electron chi connectivity index (χ0n) is 13.3. The summed E-state index contributed by atoms with van der Waals surface area (Å²) in [6, 6.07) is 10.1. The lowest BCUT2D eigenvalue weighted by molar-refractivity contribution is 0.595. The average Bonchev–Trinajstić information content (AvgIpc) is 3.37. The molecular formula is C18H15N7. The number of pyridine rings is 2. The van der Waals surface area contributed by atoms with E-state index in [9.17, 15) is 0 Å². The van der Waals surface area contributed by atoms with E-state index < -0.39 is 0 Å². The van der Waals surface area contributed by atoms with Gasteiger partial charge in [-0.3, -0.25) is 0 Å². The molecular weight excluding hydrogens is 314 g/mol. The summed E-state index contributed by atoms with van der Waals surface area (Å²) in [5.41, 5.74) is 4.93. The second kappa shape index (κ2) is 5.55. The van der Waals surface area contributed by atoms with Gasteiger partial charge in [-0.2, -0.15) is 0 Å². The molecule has 0 saturated heterocycles. The maximum absolute atomic E-state index is 4.35. The van der Waals surface area contributed by atoms with Crippen molar-refractivity contribution in [3.63, 3.8) is 0 Å². The SMILES string of the molecule is c1cnc2[nH]c(-c3cnnn3CCc3c[nH]c4ncccc34)cc2c1. The fourth-order valence-corrected chi connectivity index (χ4v) is 3.17. The predicted octanol–water partition coefficient (Wildman–Crippen LogP) is 2.94. The molecule has 122 valence electrons. The first kappa shape index (κ1) is 13.9. The van der Waals surface area contributed by atoms with E-state index in [1.165, 1.54) is 5.56 Å². The molecule has 7 nitrogen and oxygen atoms in total. The standard InChI is InChI=1S/C18H15N7/c1-3-12-9-15(23-17(12)19-6-1)16-11-22-24-25(16)8-5-13-10-21-18-14(13)4-2-7-20-18/h1-4,6-7,9-11H,5,8H2,(H,19,23)(H,20,21). The summed E-state index contributed by atoms with van der Waals surface area (Å²) in [7, 11) is 0. The fourth-order valence-electron chi connectivity index (χ4n) is 3.17. The summed E-state index contributed by atoms with van der Waals surface area (Å²) in [5.74, 6) is 0. The Balaban J connectivity index is 1.45. The van der Waals surface area contributed by atoms with Gasteiger partial charge in [0, 0.05) is 35.9 Å². The van der Waals surface area contributed by atoms with Gasteiger partial charge < -0.3 is 9.97 Å². The van der Waals surface area contributed by atoms with Crippen LogP contribution in [-0.4, -0.2) is 34.9 Å². The zero-order valence-corrected chi connectivity index (χ0v) is 13.3. The number of aromatic nitrogens is 7. The Bertz CT molecular complexity index is 1130. The number of hydrogen-bond acceptors (Lipinski definition) is 4. The monoisotopic (exact) mass is 329 g/mol. The highest BCUT2D eigenvalue weighted by Gasteiger charge is 2.11. The van der Waals surface area contributed by atoms with E-state index in [0.717, 1.165) is 46.4 Å². The topological polar surface area (TPSA) is 88.1 Å². The molecule has 0 radical (unpaired) electrons. The van der Waals surface area contributed by atoms with E-state index in [1.807, 2.05) is 29.1 Å². The molecule has 0 atom stereocenters. The average molecular weight is 329 g/mol. The van der Waals surface area contributed by atoms with Crippen LogP contribution >= 0.6 is 0 Å². The minimum atomic E-state index is 0.736. The maximum Gasteiger partial charge on any atom is 0.137 e. The van der Waals surface area contributed by atoms with Gasteiger partial charge >= 0.3 is 0 Å². The quantitative estimate of drug-likeness (QED) is 0.530. The van der Waals surface area contributed by atoms with Crippen molar-refractivity contribution in [1.29, 1.82) is 0 Å². The molecule has 25 heavy (non-hydrogen) atoms. The van der Waals surface area contributed by atoms with Crippen molar-refractivity contribution in [2.45, 2.75) is 13.0 Å². The van der Waals surface area contributed by atoms with Crippen LogP contribution in [0.2, 0.25) is 0 Å². The predicted molar refractivity (Wildman–Crippen MR) is 94.9 cm³/mol. The van der Waals surface area contributed by atoms with E-state index in [1.54, 1.807) is 18.6 Å². The van der Waals surface area contributed by atoms with Gasteiger partial charge in [-0.05, 0) is 42.3 Å². The van der Waals surface area contributed by atoms with Crippen molar-refractivity contribution < 1.29 is 0 Å². The third kappa shape index (κ3) is 2.37. The van der Waals surface area contributed by atoms with Crippen LogP contribution in [-0.2, 0) is 13.0 Å². The molecule has 5 rings (SSSR count). The van der Waals surface area contributed by atoms with E-state index in [2.05, 4.69) is 42.4 Å². The van der Waals surface area contributed by atoms with Crippen molar-refractivity contribution >= 4 is 22.1 Å². The number of nitrogens with one attached hydrogen (secondary N) is 2. The van der Waals surface area contributed by atoms with E-state index in [4.69, 9.17) is 0 Å². The molecule has 0 spiro atoms. The van der Waals surface area contributed by atoms with E-state index in [-0.39, 0.29) is 0 Å². The Morgan fingerprint density at radius 2 is 1.92 bits per heavy atom. The molecule has 0 aliphatic heterocycles. The van der Waals surface area contributed by atoms with Crippen LogP contribution in [0, 0.1) is 0 Å². The van der Waals surface area contributed by atoms with Crippen LogP contribution in [0.25, 0.3) is 33.5 Å². The number of nitrogens with zero attached hydrogens (tertiary/aromatic N) is 5. The Morgan fingerprint density at radius 1 is 1.04 bits per heavy atom. The molecule has 5 aromatic heterocycles. The van der Waals surface area contributed by atoms with Crippen molar-refractivity contribution in [3.05, 3.63) is 60.7 Å². The van der Waals surface area contributed by atoms with Crippen LogP contribution in [0.15, 0.2) is 55.1 Å². The zero-order chi connectivity index (χ0) is 16.6. The van der Waals surface area contributed by atoms with Crippen LogP contribution < -0.4 is 0 Å². The van der Waals surface area contributed by atoms with Crippen molar-refractivity contribution in [1.82, 2.24) is 34.9 Å². The second-order valence-electron chi connectivity index (χ2n) is 5.93. The van der Waals surface area contributed by atoms with Gasteiger partial charge in [-0.25, -0.2) is 14.6 Å². The van der Waals surface area contributed by atoms with Gasteiger partial charge in [0.05, 0.1) is 11.9 Å². The summed E-state index contributed by atoms with van der Waals surface area (Å²) in [6.45, 7) is 0.736. The van der Waals surface area contributed by atoms with Crippen LogP contribution in [0.1, 0.15) is 5.56 Å². The van der Waals surface area contributed by atoms with Crippen LogP contribution in [0.5, 0.6) is 0 Å². The van der Waals surface area contributed by atoms with E-state index >= 15 is 0 Å². The molecule has 0 aromatic carbocycles. The number of rotatable bonds is 4. The summed E-state index contributed by atoms with van der Waals surface area (Å²) < 4.78 is 1.92. The first-order valence-electron chi connectivity index (χ1n) is 8.12. The van der Waals surface area contributed by atoms with Gasteiger partial charge in [0.2, 0.25) is 0 Å². The molecule has 5 aromatic rings. The summed E-state index contributed by atoms with van der Waals surface area (Å²) in [4.78, 5) is 15.2. The molecule has 0 fully saturated rings. The smallest absolute Gasteiger partial charge is 0.137 e. The summed E-state index contributed by atoms with van der Waals surface area (Å²) in [5, 5.41) is 10.6. The molecule has 5 heterocycles. The van der Waals surface area contributed by atoms with Crippen molar-refractivity contribution in [3.8, 4) is 11.4 Å². The van der Waals surface area contributed by atoms with Gasteiger partial charge in [0.1, 0.15) is 17.0 Å². The maximum atomic E-state index is 4.35. The second-order valence-corrected chi connectivity index (χ2v) is 5.93. The fraction of sp³-hybridized carbons (Fsp3) is 0.111. The lowest BCUT2D eigenvalue weighted by Crippen LogP contribution is -2.05. The number of fused-ring (bicyclic) bond motifs is 2. The normalized spacial score (nSPS) is 11.5. The van der Waals surface area contributed by atoms with Crippen molar-refractivity contribution in [2.24, 2.45) is 0 Å². The lowest BCUT2D eigenvalue weighted by atomic mass is 10.1. The van der Waals surface area contributed by atoms with Gasteiger partial charge in [-0.1, -0.05) is 5.21 Å². The Morgan fingerprint density at radius 3 is 2.84 bits per heavy atom. The highest BCUT2D eigenvalue weighted by Crippen LogP contribution is 2.23. The largest absolute Gasteiger partial charge is 0.346 e. The Hall–Kier alpha value is -3.48. The number of hydrogen-bond donors (Lipinski definition) is 2. The highest BCUT2D eigenvalue weighted by atomic mass is 15.4. The molecule has 0 saturated carbocycles. The van der Waals surface area contributed by atoms with Crippen LogP contribution in [0.4, 0.5) is 0 Å². The van der Waals surface area contributed by atoms with Gasteiger partial charge in [0.25, 0.3) is 0 Å². The molecule has 0 aliphatic carbocycles. The van der Waals surface area contributed by atoms with Crippen molar-refractivity contribution in [2.75, 3.05) is 0 Å². The molecule has 0 unspecified atom stereocenters. The Labute approximate surface area is 142 Å². The third-order valence-electron chi connectivity index (χ3n) is 4.42. The van der Waals surface area contributed by atoms with Gasteiger partial charge in [0.15, 0.2) is 0 Å². The summed E-state index contributed by atoms with van der Waals surface area (Å²) >= 11 is 0. The molecule has 0 bridgehead atoms. The first-order chi connectivity index (χ1) is 12.4. The summed E-state index contributed by atoms with van der Waals surface area (Å²) in [6.07, 6.45) is 8.22. The minimum absolute atomic E-state index is 0.736. The number of aromatic amines is 2. The van der Waals surface area contributed by atoms with E-state index in [0.29, 0.717) is 0 Å². The molecule has 7 heteroatoms. The third-order valence-corrected chi connectivity index (χ3v) is 4.42. The lowest BCUT2D eigenvalue weighted by Gasteiger charge is -2.04. The van der Waals surface area contributed by atoms with Gasteiger partial charge in [-0.15, -0.1) is 5.10 Å². The minimum Gasteiger partial charge on any atom is -0.346 e. The van der Waals surface area contributed by atoms with Crippen LogP contribution in [0.3, 0.4) is 0 Å². The highest BCUT2D eigenvalue weighted by molar-refractivity contribution is 5.82. The first-order valence-corrected chi connectivity index (χ1v) is 8.12. The molecule has 0 aliphatic rings.